The molecule has 3 aliphatic carbocycles. The Morgan fingerprint density at radius 3 is 2.71 bits per heavy atom. The standard InChI is InChI=1S/C12H12Cl2/c13-6-11(14)10-4-3-9-7-1-2-8(5-7)12(9)10/h1-4,6-10,12H,5H2. The highest BCUT2D eigenvalue weighted by molar-refractivity contribution is 6.36. The molecule has 0 aliphatic heterocycles. The second-order valence-electron chi connectivity index (χ2n) is 4.51. The Labute approximate surface area is 94.3 Å². The summed E-state index contributed by atoms with van der Waals surface area (Å²) in [6.07, 6.45) is 10.6. The largest absolute Gasteiger partial charge is 0.0917 e. The summed E-state index contributed by atoms with van der Waals surface area (Å²) in [5.41, 5.74) is 1.52. The number of rotatable bonds is 1. The third kappa shape index (κ3) is 1.07. The van der Waals surface area contributed by atoms with Crippen LogP contribution in [0.5, 0.6) is 0 Å². The molecule has 74 valence electrons. The van der Waals surface area contributed by atoms with Gasteiger partial charge in [-0.15, -0.1) is 0 Å². The minimum Gasteiger partial charge on any atom is -0.0917 e. The highest BCUT2D eigenvalue weighted by Crippen LogP contribution is 2.56. The minimum absolute atomic E-state index is 0.374. The van der Waals surface area contributed by atoms with Gasteiger partial charge in [-0.1, -0.05) is 47.5 Å². The lowest BCUT2D eigenvalue weighted by molar-refractivity contribution is 0.344. The monoisotopic (exact) mass is 226 g/mol. The van der Waals surface area contributed by atoms with E-state index < -0.39 is 0 Å². The number of hydrogen-bond acceptors (Lipinski definition) is 0. The van der Waals surface area contributed by atoms with Gasteiger partial charge in [-0.2, -0.15) is 0 Å². The van der Waals surface area contributed by atoms with E-state index in [4.69, 9.17) is 23.2 Å². The van der Waals surface area contributed by atoms with Gasteiger partial charge in [0.15, 0.2) is 0 Å². The zero-order chi connectivity index (χ0) is 9.71. The maximum absolute atomic E-state index is 6.13. The van der Waals surface area contributed by atoms with Gasteiger partial charge in [-0.3, -0.25) is 0 Å². The fraction of sp³-hybridized carbons (Fsp3) is 0.500. The molecule has 2 heteroatoms. The molecule has 2 bridgehead atoms. The molecule has 0 aromatic rings. The van der Waals surface area contributed by atoms with Gasteiger partial charge in [-0.25, -0.2) is 0 Å². The molecule has 1 fully saturated rings. The van der Waals surface area contributed by atoms with Crippen LogP contribution >= 0.6 is 23.2 Å². The van der Waals surface area contributed by atoms with Gasteiger partial charge >= 0.3 is 0 Å². The average molecular weight is 227 g/mol. The number of fused-ring (bicyclic) bond motifs is 5. The highest BCUT2D eigenvalue weighted by Gasteiger charge is 2.49. The van der Waals surface area contributed by atoms with Gasteiger partial charge in [0.2, 0.25) is 0 Å². The summed E-state index contributed by atoms with van der Waals surface area (Å²) in [6.45, 7) is 0. The van der Waals surface area contributed by atoms with Crippen molar-refractivity contribution in [2.24, 2.45) is 29.6 Å². The van der Waals surface area contributed by atoms with Crippen molar-refractivity contribution in [1.29, 1.82) is 0 Å². The highest BCUT2D eigenvalue weighted by atomic mass is 35.5. The van der Waals surface area contributed by atoms with E-state index in [9.17, 15) is 0 Å². The fourth-order valence-electron chi connectivity index (χ4n) is 3.40. The zero-order valence-electron chi connectivity index (χ0n) is 7.74. The summed E-state index contributed by atoms with van der Waals surface area (Å²) in [4.78, 5) is 0. The molecule has 0 spiro atoms. The van der Waals surface area contributed by atoms with Crippen molar-refractivity contribution < 1.29 is 0 Å². The summed E-state index contributed by atoms with van der Waals surface area (Å²) in [7, 11) is 0. The molecule has 0 radical (unpaired) electrons. The van der Waals surface area contributed by atoms with E-state index in [0.29, 0.717) is 11.8 Å². The van der Waals surface area contributed by atoms with Crippen molar-refractivity contribution in [1.82, 2.24) is 0 Å². The molecular weight excluding hydrogens is 215 g/mol. The molecule has 0 aromatic carbocycles. The Bertz CT molecular complexity index is 340. The van der Waals surface area contributed by atoms with Crippen LogP contribution in [0.25, 0.3) is 0 Å². The molecule has 5 unspecified atom stereocenters. The molecule has 0 amide bonds. The van der Waals surface area contributed by atoms with Crippen molar-refractivity contribution in [3.63, 3.8) is 0 Å². The maximum Gasteiger partial charge on any atom is 0.0365 e. The first-order valence-corrected chi connectivity index (χ1v) is 5.95. The molecule has 0 aromatic heterocycles. The van der Waals surface area contributed by atoms with E-state index in [1.165, 1.54) is 12.0 Å². The smallest absolute Gasteiger partial charge is 0.0365 e. The Morgan fingerprint density at radius 1 is 1.14 bits per heavy atom. The lowest BCUT2D eigenvalue weighted by Gasteiger charge is -2.25. The number of allylic oxidation sites excluding steroid dienone is 5. The van der Waals surface area contributed by atoms with E-state index >= 15 is 0 Å². The summed E-state index contributed by atoms with van der Waals surface area (Å²) in [6, 6.07) is 0. The van der Waals surface area contributed by atoms with Gasteiger partial charge in [-0.05, 0) is 30.1 Å². The number of hydrogen-bond donors (Lipinski definition) is 0. The maximum atomic E-state index is 6.13. The van der Waals surface area contributed by atoms with Crippen molar-refractivity contribution >= 4 is 23.2 Å². The summed E-state index contributed by atoms with van der Waals surface area (Å²) in [5.74, 6) is 3.29. The summed E-state index contributed by atoms with van der Waals surface area (Å²) < 4.78 is 0. The van der Waals surface area contributed by atoms with Crippen LogP contribution in [0.4, 0.5) is 0 Å². The second kappa shape index (κ2) is 3.15. The molecule has 0 nitrogen and oxygen atoms in total. The second-order valence-corrected chi connectivity index (χ2v) is 5.16. The molecule has 0 heterocycles. The quantitative estimate of drug-likeness (QED) is 0.595. The van der Waals surface area contributed by atoms with Crippen LogP contribution in [0.15, 0.2) is 34.9 Å². The van der Waals surface area contributed by atoms with E-state index in [0.717, 1.165) is 22.8 Å². The molecule has 0 saturated heterocycles. The third-order valence-electron chi connectivity index (χ3n) is 3.96. The first kappa shape index (κ1) is 9.06. The van der Waals surface area contributed by atoms with E-state index in [2.05, 4.69) is 24.3 Å². The number of halogens is 2. The van der Waals surface area contributed by atoms with Gasteiger partial charge in [0.1, 0.15) is 0 Å². The van der Waals surface area contributed by atoms with Crippen LogP contribution in [0, 0.1) is 29.6 Å². The molecule has 1 saturated carbocycles. The predicted molar refractivity (Wildman–Crippen MR) is 60.1 cm³/mol. The molecule has 3 rings (SSSR count). The van der Waals surface area contributed by atoms with Crippen LogP contribution in [0.2, 0.25) is 0 Å². The van der Waals surface area contributed by atoms with Crippen LogP contribution in [-0.4, -0.2) is 0 Å². The molecular formula is C12H12Cl2. The lowest BCUT2D eigenvalue weighted by Crippen LogP contribution is -2.20. The first-order valence-electron chi connectivity index (χ1n) is 5.13. The summed E-state index contributed by atoms with van der Waals surface area (Å²) in [5, 5.41) is 0.802. The van der Waals surface area contributed by atoms with Crippen LogP contribution in [0.3, 0.4) is 0 Å². The van der Waals surface area contributed by atoms with Crippen molar-refractivity contribution in [2.75, 3.05) is 0 Å². The third-order valence-corrected chi connectivity index (χ3v) is 4.67. The Kier molecular flexibility index (Phi) is 2.04. The Morgan fingerprint density at radius 2 is 1.93 bits per heavy atom. The van der Waals surface area contributed by atoms with E-state index in [1.54, 1.807) is 0 Å². The predicted octanol–water partition coefficient (Wildman–Crippen LogP) is 3.93. The Balaban J connectivity index is 1.93. The zero-order valence-corrected chi connectivity index (χ0v) is 9.25. The molecule has 3 aliphatic rings. The normalized spacial score (nSPS) is 49.0. The van der Waals surface area contributed by atoms with E-state index in [1.807, 2.05) is 0 Å². The van der Waals surface area contributed by atoms with Gasteiger partial charge < -0.3 is 0 Å². The minimum atomic E-state index is 0.374. The first-order chi connectivity index (χ1) is 6.81. The van der Waals surface area contributed by atoms with Crippen molar-refractivity contribution in [3.8, 4) is 0 Å². The van der Waals surface area contributed by atoms with Crippen molar-refractivity contribution in [2.45, 2.75) is 6.42 Å². The van der Waals surface area contributed by atoms with Gasteiger partial charge in [0, 0.05) is 16.5 Å². The average Bonchev–Trinajstić information content (AvgIpc) is 2.87. The molecule has 5 atom stereocenters. The van der Waals surface area contributed by atoms with Crippen molar-refractivity contribution in [3.05, 3.63) is 34.9 Å². The van der Waals surface area contributed by atoms with Gasteiger partial charge in [0.05, 0.1) is 0 Å². The molecule has 14 heavy (non-hydrogen) atoms. The van der Waals surface area contributed by atoms with Gasteiger partial charge in [0.25, 0.3) is 0 Å². The Hall–Kier alpha value is -0.200. The fourth-order valence-corrected chi connectivity index (χ4v) is 3.76. The lowest BCUT2D eigenvalue weighted by atomic mass is 9.80. The molecule has 0 N–H and O–H groups in total. The van der Waals surface area contributed by atoms with Crippen LogP contribution in [0.1, 0.15) is 6.42 Å². The topological polar surface area (TPSA) is 0 Å². The SMILES string of the molecule is ClC=C(Cl)C1C=CC2C3C=CC(C3)C12. The van der Waals surface area contributed by atoms with E-state index in [-0.39, 0.29) is 0 Å². The van der Waals surface area contributed by atoms with Crippen LogP contribution in [-0.2, 0) is 0 Å². The summed E-state index contributed by atoms with van der Waals surface area (Å²) >= 11 is 11.8. The van der Waals surface area contributed by atoms with Crippen LogP contribution < -0.4 is 0 Å².